The maximum absolute atomic E-state index is 13.1. The number of methoxy groups -OCH3 is 1. The molecule has 0 aliphatic carbocycles. The molecule has 1 aliphatic heterocycles. The van der Waals surface area contributed by atoms with Gasteiger partial charge in [-0.25, -0.2) is 0 Å². The van der Waals surface area contributed by atoms with Gasteiger partial charge in [0.2, 0.25) is 0 Å². The Kier molecular flexibility index (Phi) is 9.97. The van der Waals surface area contributed by atoms with Crippen molar-refractivity contribution in [2.45, 2.75) is 11.5 Å². The second kappa shape index (κ2) is 13.8. The van der Waals surface area contributed by atoms with E-state index in [0.29, 0.717) is 46.9 Å². The van der Waals surface area contributed by atoms with Gasteiger partial charge in [0, 0.05) is 31.3 Å². The monoisotopic (exact) mass is 551 g/mol. The number of thiocarbonyl (C=S) groups is 1. The number of morpholine rings is 1. The molecule has 1 saturated heterocycles. The quantitative estimate of drug-likeness (QED) is 0.233. The van der Waals surface area contributed by atoms with Gasteiger partial charge in [-0.1, -0.05) is 42.5 Å². The van der Waals surface area contributed by atoms with Crippen molar-refractivity contribution in [1.29, 1.82) is 0 Å². The number of hydrogen-bond donors (Lipinski definition) is 2. The maximum atomic E-state index is 13.1. The molecule has 1 aliphatic rings. The minimum atomic E-state index is -0.419. The van der Waals surface area contributed by atoms with E-state index in [2.05, 4.69) is 15.5 Å². The second-order valence-corrected chi connectivity index (χ2v) is 9.99. The third-order valence-electron chi connectivity index (χ3n) is 5.73. The van der Waals surface area contributed by atoms with E-state index in [-0.39, 0.29) is 5.70 Å². The predicted octanol–water partition coefficient (Wildman–Crippen LogP) is 4.13. The summed E-state index contributed by atoms with van der Waals surface area (Å²) < 4.78 is 17.2. The molecule has 2 N–H and O–H groups in total. The lowest BCUT2D eigenvalue weighted by Gasteiger charge is -2.28. The molecule has 1 aromatic heterocycles. The first-order valence-electron chi connectivity index (χ1n) is 12.2. The largest absolute Gasteiger partial charge is 0.497 e. The third-order valence-corrected chi connectivity index (χ3v) is 7.09. The van der Waals surface area contributed by atoms with Crippen LogP contribution in [0, 0.1) is 0 Å². The van der Waals surface area contributed by atoms with Crippen LogP contribution in [-0.4, -0.2) is 61.0 Å². The molecule has 198 valence electrons. The fraction of sp³-hybridized carbons (Fsp3) is 0.250. The van der Waals surface area contributed by atoms with E-state index in [1.807, 2.05) is 30.3 Å². The Morgan fingerprint density at radius 3 is 2.50 bits per heavy atom. The number of amides is 2. The summed E-state index contributed by atoms with van der Waals surface area (Å²) in [5, 5.41) is 6.20. The van der Waals surface area contributed by atoms with E-state index in [4.69, 9.17) is 26.1 Å². The molecule has 3 aromatic rings. The molecule has 2 heterocycles. The van der Waals surface area contributed by atoms with E-state index < -0.39 is 11.8 Å². The van der Waals surface area contributed by atoms with Gasteiger partial charge in [0.25, 0.3) is 11.8 Å². The predicted molar refractivity (Wildman–Crippen MR) is 151 cm³/mol. The van der Waals surface area contributed by atoms with Crippen LogP contribution in [0.1, 0.15) is 21.7 Å². The number of benzene rings is 2. The number of ether oxygens (including phenoxy) is 2. The van der Waals surface area contributed by atoms with Crippen LogP contribution in [0.5, 0.6) is 5.75 Å². The molecule has 38 heavy (non-hydrogen) atoms. The molecule has 0 unspecified atom stereocenters. The lowest BCUT2D eigenvalue weighted by molar-refractivity contribution is -0.117. The average molecular weight is 552 g/mol. The molecule has 2 aromatic carbocycles. The lowest BCUT2D eigenvalue weighted by Crippen LogP contribution is -2.38. The summed E-state index contributed by atoms with van der Waals surface area (Å²) in [5.41, 5.74) is 1.57. The van der Waals surface area contributed by atoms with E-state index in [0.717, 1.165) is 24.4 Å². The number of nitrogens with one attached hydrogen (secondary N) is 2. The normalized spacial score (nSPS) is 13.6. The van der Waals surface area contributed by atoms with Crippen LogP contribution >= 0.6 is 24.0 Å². The van der Waals surface area contributed by atoms with Gasteiger partial charge in [0.05, 0.1) is 20.3 Å². The zero-order chi connectivity index (χ0) is 26.7. The molecule has 8 nitrogen and oxygen atoms in total. The van der Waals surface area contributed by atoms with E-state index in [1.165, 1.54) is 17.8 Å². The Morgan fingerprint density at radius 1 is 1.05 bits per heavy atom. The molecule has 0 saturated carbocycles. The van der Waals surface area contributed by atoms with Crippen molar-refractivity contribution in [3.63, 3.8) is 0 Å². The fourth-order valence-corrected chi connectivity index (χ4v) is 4.84. The van der Waals surface area contributed by atoms with Crippen molar-refractivity contribution in [2.24, 2.45) is 0 Å². The number of carbonyl (C=O) groups excluding carboxylic acids is 2. The van der Waals surface area contributed by atoms with Crippen LogP contribution in [0.2, 0.25) is 0 Å². The number of thioether (sulfide) groups is 1. The molecule has 0 spiro atoms. The summed E-state index contributed by atoms with van der Waals surface area (Å²) in [4.78, 5) is 28.0. The summed E-state index contributed by atoms with van der Waals surface area (Å²) in [5.74, 6) is 0.383. The first kappa shape index (κ1) is 27.4. The highest BCUT2D eigenvalue weighted by Gasteiger charge is 2.18. The zero-order valence-corrected chi connectivity index (χ0v) is 22.6. The Bertz CT molecular complexity index is 1270. The summed E-state index contributed by atoms with van der Waals surface area (Å²) >= 11 is 6.88. The SMILES string of the molecule is COc1ccc(CCNC(=O)/C(=C/c2ccc(SC(=S)N3CCOCC3)o2)NC(=O)c2ccccc2)cc1. The molecule has 0 radical (unpaired) electrons. The van der Waals surface area contributed by atoms with Crippen LogP contribution < -0.4 is 15.4 Å². The topological polar surface area (TPSA) is 93.0 Å². The van der Waals surface area contributed by atoms with Gasteiger partial charge in [-0.05, 0) is 60.1 Å². The van der Waals surface area contributed by atoms with Gasteiger partial charge in [-0.3, -0.25) is 9.59 Å². The number of carbonyl (C=O) groups is 2. The summed E-state index contributed by atoms with van der Waals surface area (Å²) in [6, 6.07) is 19.9. The van der Waals surface area contributed by atoms with Gasteiger partial charge < -0.3 is 29.4 Å². The average Bonchev–Trinajstić information content (AvgIpc) is 3.40. The maximum Gasteiger partial charge on any atom is 0.267 e. The third kappa shape index (κ3) is 7.95. The van der Waals surface area contributed by atoms with Crippen LogP contribution in [0.3, 0.4) is 0 Å². The first-order chi connectivity index (χ1) is 18.5. The van der Waals surface area contributed by atoms with Gasteiger partial charge in [0.15, 0.2) is 5.09 Å². The highest BCUT2D eigenvalue weighted by molar-refractivity contribution is 8.22. The Labute approximate surface area is 231 Å². The van der Waals surface area contributed by atoms with Crippen molar-refractivity contribution in [1.82, 2.24) is 15.5 Å². The molecule has 10 heteroatoms. The zero-order valence-electron chi connectivity index (χ0n) is 21.0. The first-order valence-corrected chi connectivity index (χ1v) is 13.4. The molecule has 4 rings (SSSR count). The van der Waals surface area contributed by atoms with Crippen molar-refractivity contribution in [2.75, 3.05) is 40.0 Å². The fourth-order valence-electron chi connectivity index (χ4n) is 3.66. The molecular weight excluding hydrogens is 522 g/mol. The van der Waals surface area contributed by atoms with Crippen molar-refractivity contribution in [3.8, 4) is 5.75 Å². The van der Waals surface area contributed by atoms with Crippen LogP contribution in [0.25, 0.3) is 6.08 Å². The Hall–Kier alpha value is -3.60. The Morgan fingerprint density at radius 2 is 1.79 bits per heavy atom. The standard InChI is InChI=1S/C28H29N3O5S2/c1-34-22-9-7-20(8-10-22)13-14-29-27(33)24(30-26(32)21-5-3-2-4-6-21)19-23-11-12-25(36-23)38-28(37)31-15-17-35-18-16-31/h2-12,19H,13-18H2,1H3,(H,29,33)(H,30,32)/b24-19-. The summed E-state index contributed by atoms with van der Waals surface area (Å²) in [6.07, 6.45) is 2.14. The van der Waals surface area contributed by atoms with Crippen LogP contribution in [0.4, 0.5) is 0 Å². The van der Waals surface area contributed by atoms with E-state index in [9.17, 15) is 9.59 Å². The van der Waals surface area contributed by atoms with Gasteiger partial charge >= 0.3 is 0 Å². The van der Waals surface area contributed by atoms with Gasteiger partial charge in [-0.15, -0.1) is 0 Å². The lowest BCUT2D eigenvalue weighted by atomic mass is 10.1. The minimum Gasteiger partial charge on any atom is -0.497 e. The number of hydrogen-bond acceptors (Lipinski definition) is 7. The number of nitrogens with zero attached hydrogens (tertiary/aromatic N) is 1. The smallest absolute Gasteiger partial charge is 0.267 e. The van der Waals surface area contributed by atoms with Gasteiger partial charge in [0.1, 0.15) is 21.5 Å². The molecule has 0 atom stereocenters. The van der Waals surface area contributed by atoms with Crippen molar-refractivity contribution >= 4 is 46.2 Å². The minimum absolute atomic E-state index is 0.0789. The molecule has 2 amide bonds. The highest BCUT2D eigenvalue weighted by Crippen LogP contribution is 2.25. The van der Waals surface area contributed by atoms with Gasteiger partial charge in [-0.2, -0.15) is 0 Å². The molecule has 0 bridgehead atoms. The van der Waals surface area contributed by atoms with Crippen molar-refractivity contribution < 1.29 is 23.5 Å². The van der Waals surface area contributed by atoms with E-state index in [1.54, 1.807) is 43.5 Å². The summed E-state index contributed by atoms with van der Waals surface area (Å²) in [6.45, 7) is 3.16. The summed E-state index contributed by atoms with van der Waals surface area (Å²) in [7, 11) is 1.62. The highest BCUT2D eigenvalue weighted by atomic mass is 32.2. The number of rotatable bonds is 9. The molecule has 1 fully saturated rings. The second-order valence-electron chi connectivity index (χ2n) is 8.36. The van der Waals surface area contributed by atoms with Crippen LogP contribution in [0.15, 0.2) is 81.9 Å². The van der Waals surface area contributed by atoms with Crippen LogP contribution in [-0.2, 0) is 16.0 Å². The Balaban J connectivity index is 1.44. The van der Waals surface area contributed by atoms with E-state index >= 15 is 0 Å². The number of furan rings is 1. The molecular formula is C28H29N3O5S2. The van der Waals surface area contributed by atoms with Crippen molar-refractivity contribution in [3.05, 3.63) is 89.3 Å².